The molecular weight excluding hydrogens is 376 g/mol. The Labute approximate surface area is 146 Å². The van der Waals surface area contributed by atoms with Crippen LogP contribution in [-0.2, 0) is 16.6 Å². The molecule has 0 fully saturated rings. The van der Waals surface area contributed by atoms with E-state index in [0.29, 0.717) is 15.4 Å². The number of hydrogen-bond acceptors (Lipinski definition) is 4. The molecule has 0 spiro atoms. The predicted octanol–water partition coefficient (Wildman–Crippen LogP) is 2.40. The molecule has 6 nitrogen and oxygen atoms in total. The van der Waals surface area contributed by atoms with Gasteiger partial charge in [-0.1, -0.05) is 23.4 Å². The maximum absolute atomic E-state index is 14.4. The molecule has 0 saturated heterocycles. The second-order valence-corrected chi connectivity index (χ2v) is 7.59. The number of sulfonamides is 1. The largest absolute Gasteiger partial charge is 0.511 e. The zero-order chi connectivity index (χ0) is 18.9. The molecule has 26 heavy (non-hydrogen) atoms. The number of alkyl halides is 3. The summed E-state index contributed by atoms with van der Waals surface area (Å²) < 4.78 is 77.1. The lowest BCUT2D eigenvalue weighted by molar-refractivity contribution is -0.0486. The van der Waals surface area contributed by atoms with Gasteiger partial charge in [-0.05, 0) is 23.6 Å². The summed E-state index contributed by atoms with van der Waals surface area (Å²) in [4.78, 5) is 0. The second kappa shape index (κ2) is 6.80. The molecule has 0 aliphatic carbocycles. The van der Waals surface area contributed by atoms with Crippen molar-refractivity contribution >= 4 is 15.6 Å². The molecule has 0 N–H and O–H groups in total. The molecular formula is C15H14F4N4O2S. The van der Waals surface area contributed by atoms with Crippen molar-refractivity contribution < 1.29 is 26.0 Å². The first-order valence-electron chi connectivity index (χ1n) is 7.57. The molecule has 3 rings (SSSR count). The number of benzene rings is 1. The van der Waals surface area contributed by atoms with Gasteiger partial charge in [-0.3, -0.25) is 0 Å². The van der Waals surface area contributed by atoms with Crippen molar-refractivity contribution in [2.45, 2.75) is 18.5 Å². The minimum Gasteiger partial charge on any atom is -0.248 e. The first kappa shape index (κ1) is 18.5. The Morgan fingerprint density at radius 2 is 2.00 bits per heavy atom. The summed E-state index contributed by atoms with van der Waals surface area (Å²) in [6, 6.07) is 4.45. The molecule has 2 heterocycles. The summed E-state index contributed by atoms with van der Waals surface area (Å²) in [5.74, 6) is -0.527. The first-order chi connectivity index (χ1) is 12.2. The molecule has 2 aromatic rings. The van der Waals surface area contributed by atoms with E-state index in [1.165, 1.54) is 29.1 Å². The van der Waals surface area contributed by atoms with Crippen molar-refractivity contribution in [2.24, 2.45) is 0 Å². The minimum absolute atomic E-state index is 0.0272. The van der Waals surface area contributed by atoms with E-state index in [1.54, 1.807) is 12.3 Å². The molecule has 0 saturated carbocycles. The zero-order valence-electron chi connectivity index (χ0n) is 13.3. The van der Waals surface area contributed by atoms with E-state index >= 15 is 0 Å². The summed E-state index contributed by atoms with van der Waals surface area (Å²) in [6.07, 6.45) is 4.36. The molecule has 0 unspecified atom stereocenters. The number of aromatic nitrogens is 3. The molecule has 0 amide bonds. The van der Waals surface area contributed by atoms with Crippen LogP contribution in [0.3, 0.4) is 0 Å². The van der Waals surface area contributed by atoms with E-state index in [1.807, 2.05) is 0 Å². The second-order valence-electron chi connectivity index (χ2n) is 5.66. The molecule has 1 aliphatic rings. The van der Waals surface area contributed by atoms with Crippen LogP contribution in [0.5, 0.6) is 0 Å². The van der Waals surface area contributed by atoms with E-state index in [4.69, 9.17) is 0 Å². The third-order valence-electron chi connectivity index (χ3n) is 4.03. The molecule has 1 aromatic heterocycles. The van der Waals surface area contributed by atoms with Crippen molar-refractivity contribution in [3.63, 3.8) is 0 Å². The third-order valence-corrected chi connectivity index (χ3v) is 5.63. The quantitative estimate of drug-likeness (QED) is 0.752. The van der Waals surface area contributed by atoms with Crippen LogP contribution in [0.15, 0.2) is 36.7 Å². The predicted molar refractivity (Wildman–Crippen MR) is 84.7 cm³/mol. The Bertz CT molecular complexity index is 924. The van der Waals surface area contributed by atoms with Gasteiger partial charge in [0.2, 0.25) is 0 Å². The van der Waals surface area contributed by atoms with Crippen LogP contribution in [-0.4, -0.2) is 46.3 Å². The number of halogens is 4. The Kier molecular flexibility index (Phi) is 4.84. The fourth-order valence-electron chi connectivity index (χ4n) is 2.79. The molecule has 1 aliphatic heterocycles. The van der Waals surface area contributed by atoms with E-state index in [0.717, 1.165) is 0 Å². The molecule has 0 radical (unpaired) electrons. The highest BCUT2D eigenvalue weighted by atomic mass is 32.2. The average Bonchev–Trinajstić information content (AvgIpc) is 3.07. The van der Waals surface area contributed by atoms with E-state index in [2.05, 4.69) is 10.3 Å². The van der Waals surface area contributed by atoms with Gasteiger partial charge in [0, 0.05) is 24.8 Å². The Hall–Kier alpha value is -2.27. The van der Waals surface area contributed by atoms with Gasteiger partial charge in [0.25, 0.3) is 0 Å². The van der Waals surface area contributed by atoms with Crippen LogP contribution >= 0.6 is 0 Å². The Balaban J connectivity index is 1.89. The maximum atomic E-state index is 14.4. The number of hydrogen-bond donors (Lipinski definition) is 0. The smallest absolute Gasteiger partial charge is 0.248 e. The monoisotopic (exact) mass is 390 g/mol. The fourth-order valence-corrected chi connectivity index (χ4v) is 3.69. The summed E-state index contributed by atoms with van der Waals surface area (Å²) in [5, 5.41) is 7.48. The molecule has 140 valence electrons. The summed E-state index contributed by atoms with van der Waals surface area (Å²) >= 11 is 0. The molecule has 1 aromatic carbocycles. The third kappa shape index (κ3) is 3.49. The van der Waals surface area contributed by atoms with Crippen LogP contribution in [0.1, 0.15) is 17.5 Å². The number of rotatable bonds is 4. The van der Waals surface area contributed by atoms with E-state index < -0.39 is 27.9 Å². The van der Waals surface area contributed by atoms with Crippen LogP contribution in [0.2, 0.25) is 0 Å². The summed E-state index contributed by atoms with van der Waals surface area (Å²) in [5.41, 5.74) is -4.05. The van der Waals surface area contributed by atoms with Crippen molar-refractivity contribution in [1.29, 1.82) is 0 Å². The van der Waals surface area contributed by atoms with Crippen molar-refractivity contribution in [3.8, 4) is 0 Å². The highest BCUT2D eigenvalue weighted by Gasteiger charge is 2.50. The summed E-state index contributed by atoms with van der Waals surface area (Å²) in [6.45, 7) is -0.603. The van der Waals surface area contributed by atoms with Gasteiger partial charge in [-0.2, -0.15) is 17.5 Å². The van der Waals surface area contributed by atoms with Gasteiger partial charge >= 0.3 is 15.5 Å². The lowest BCUT2D eigenvalue weighted by Gasteiger charge is -2.27. The van der Waals surface area contributed by atoms with Gasteiger partial charge in [0.15, 0.2) is 0 Å². The van der Waals surface area contributed by atoms with Gasteiger partial charge in [0.1, 0.15) is 5.82 Å². The average molecular weight is 390 g/mol. The van der Waals surface area contributed by atoms with Gasteiger partial charge < -0.3 is 0 Å². The van der Waals surface area contributed by atoms with Crippen LogP contribution < -0.4 is 0 Å². The van der Waals surface area contributed by atoms with Crippen LogP contribution in [0.25, 0.3) is 5.57 Å². The van der Waals surface area contributed by atoms with E-state index in [9.17, 15) is 26.0 Å². The highest BCUT2D eigenvalue weighted by Crippen LogP contribution is 2.33. The van der Waals surface area contributed by atoms with Gasteiger partial charge in [-0.25, -0.2) is 17.5 Å². The lowest BCUT2D eigenvalue weighted by atomic mass is 9.95. The SMILES string of the molecule is O=S(=O)(N1CC=C(c2c(F)cccc2Cn2ccnn2)CC1)C(F)(F)F. The first-order valence-corrected chi connectivity index (χ1v) is 9.01. The zero-order valence-corrected chi connectivity index (χ0v) is 14.1. The molecule has 11 heteroatoms. The van der Waals surface area contributed by atoms with Crippen LogP contribution in [0, 0.1) is 5.82 Å². The van der Waals surface area contributed by atoms with Gasteiger partial charge in [-0.15, -0.1) is 5.10 Å². The Morgan fingerprint density at radius 1 is 1.23 bits per heavy atom. The van der Waals surface area contributed by atoms with Gasteiger partial charge in [0.05, 0.1) is 12.7 Å². The topological polar surface area (TPSA) is 68.1 Å². The normalized spacial score (nSPS) is 16.5. The fraction of sp³-hybridized carbons (Fsp3) is 0.333. The van der Waals surface area contributed by atoms with Crippen molar-refractivity contribution in [3.05, 3.63) is 53.6 Å². The van der Waals surface area contributed by atoms with Crippen molar-refractivity contribution in [1.82, 2.24) is 19.3 Å². The number of nitrogens with zero attached hydrogens (tertiary/aromatic N) is 4. The Morgan fingerprint density at radius 3 is 2.58 bits per heavy atom. The highest BCUT2D eigenvalue weighted by molar-refractivity contribution is 7.90. The lowest BCUT2D eigenvalue weighted by Crippen LogP contribution is -2.42. The summed E-state index contributed by atoms with van der Waals surface area (Å²) in [7, 11) is -5.39. The van der Waals surface area contributed by atoms with Crippen LogP contribution in [0.4, 0.5) is 17.6 Å². The standard InChI is InChI=1S/C15H14F4N4O2S/c16-13-3-1-2-12(10-22-9-6-20-21-22)14(13)11-4-7-23(8-5-11)26(24,25)15(17,18)19/h1-4,6,9H,5,7-8,10H2. The van der Waals surface area contributed by atoms with Crippen molar-refractivity contribution in [2.75, 3.05) is 13.1 Å². The maximum Gasteiger partial charge on any atom is 0.511 e. The molecule has 0 bridgehead atoms. The van der Waals surface area contributed by atoms with E-state index in [-0.39, 0.29) is 25.1 Å². The minimum atomic E-state index is -5.39. The molecule has 0 atom stereocenters.